The maximum Gasteiger partial charge on any atom is 0.319 e. The van der Waals surface area contributed by atoms with Crippen LogP contribution in [0.2, 0.25) is 0 Å². The number of para-hydroxylation sites is 1. The van der Waals surface area contributed by atoms with Crippen molar-refractivity contribution >= 4 is 23.3 Å². The summed E-state index contributed by atoms with van der Waals surface area (Å²) in [6.45, 7) is 5.44. The molecule has 0 saturated heterocycles. The van der Waals surface area contributed by atoms with E-state index in [1.54, 1.807) is 43.3 Å². The second kappa shape index (κ2) is 9.71. The fourth-order valence-electron chi connectivity index (χ4n) is 3.04. The van der Waals surface area contributed by atoms with Crippen molar-refractivity contribution in [3.05, 3.63) is 76.7 Å². The Hall–Kier alpha value is -3.94. The number of hydrogen-bond donors (Lipinski definition) is 4. The molecule has 0 aliphatic heterocycles. The summed E-state index contributed by atoms with van der Waals surface area (Å²) in [5.74, 6) is -0.0672. The summed E-state index contributed by atoms with van der Waals surface area (Å²) in [5.41, 5.74) is 2.18. The Balaban J connectivity index is 1.72. The van der Waals surface area contributed by atoms with Gasteiger partial charge in [0.1, 0.15) is 11.9 Å². The van der Waals surface area contributed by atoms with Gasteiger partial charge in [-0.05, 0) is 37.1 Å². The van der Waals surface area contributed by atoms with Crippen molar-refractivity contribution in [3.63, 3.8) is 0 Å². The Bertz CT molecular complexity index is 1130. The molecule has 1 unspecified atom stereocenters. The van der Waals surface area contributed by atoms with Crippen LogP contribution >= 0.6 is 0 Å². The molecular weight excluding hydrogens is 394 g/mol. The zero-order chi connectivity index (χ0) is 22.4. The normalized spacial score (nSPS) is 11.6. The van der Waals surface area contributed by atoms with Crippen LogP contribution in [0.25, 0.3) is 11.4 Å². The third-order valence-corrected chi connectivity index (χ3v) is 4.54. The summed E-state index contributed by atoms with van der Waals surface area (Å²) in [7, 11) is 0. The van der Waals surface area contributed by atoms with Crippen molar-refractivity contribution in [1.82, 2.24) is 15.3 Å². The van der Waals surface area contributed by atoms with Crippen LogP contribution in [-0.4, -0.2) is 27.9 Å². The maximum atomic E-state index is 12.9. The number of benzene rings is 2. The summed E-state index contributed by atoms with van der Waals surface area (Å²) in [5, 5.41) is 8.27. The Morgan fingerprint density at radius 1 is 0.935 bits per heavy atom. The first-order valence-electron chi connectivity index (χ1n) is 9.93. The molecule has 31 heavy (non-hydrogen) atoms. The minimum absolute atomic E-state index is 0.139. The van der Waals surface area contributed by atoms with Gasteiger partial charge in [-0.3, -0.25) is 9.59 Å². The Labute approximate surface area is 180 Å². The van der Waals surface area contributed by atoms with Crippen LogP contribution < -0.4 is 21.5 Å². The first-order chi connectivity index (χ1) is 14.8. The number of nitrogens with zero attached hydrogens (tertiary/aromatic N) is 1. The predicted octanol–water partition coefficient (Wildman–Crippen LogP) is 3.53. The van der Waals surface area contributed by atoms with Crippen LogP contribution in [0.4, 0.5) is 16.2 Å². The van der Waals surface area contributed by atoms with E-state index in [9.17, 15) is 14.4 Å². The van der Waals surface area contributed by atoms with Crippen molar-refractivity contribution in [3.8, 4) is 11.4 Å². The van der Waals surface area contributed by atoms with Gasteiger partial charge in [-0.2, -0.15) is 0 Å². The number of carbonyl (C=O) groups excluding carboxylic acids is 2. The molecule has 0 aliphatic carbocycles. The van der Waals surface area contributed by atoms with Gasteiger partial charge in [0.15, 0.2) is 0 Å². The molecule has 1 heterocycles. The quantitative estimate of drug-likeness (QED) is 0.489. The molecule has 3 rings (SSSR count). The van der Waals surface area contributed by atoms with Crippen molar-refractivity contribution in [1.29, 1.82) is 0 Å². The van der Waals surface area contributed by atoms with E-state index in [0.717, 1.165) is 0 Å². The van der Waals surface area contributed by atoms with Gasteiger partial charge in [-0.25, -0.2) is 9.78 Å². The lowest BCUT2D eigenvalue weighted by Crippen LogP contribution is -2.48. The molecule has 1 aromatic heterocycles. The Kier molecular flexibility index (Phi) is 6.81. The van der Waals surface area contributed by atoms with Gasteiger partial charge in [-0.15, -0.1) is 0 Å². The minimum atomic E-state index is -0.746. The molecule has 0 fully saturated rings. The lowest BCUT2D eigenvalue weighted by atomic mass is 10.0. The van der Waals surface area contributed by atoms with E-state index < -0.39 is 12.1 Å². The number of aryl methyl sites for hydroxylation is 1. The average molecular weight is 419 g/mol. The molecule has 1 atom stereocenters. The van der Waals surface area contributed by atoms with E-state index in [2.05, 4.69) is 25.9 Å². The van der Waals surface area contributed by atoms with Crippen molar-refractivity contribution < 1.29 is 9.59 Å². The maximum absolute atomic E-state index is 12.9. The topological polar surface area (TPSA) is 116 Å². The number of anilines is 2. The Morgan fingerprint density at radius 2 is 1.65 bits per heavy atom. The SMILES string of the molecule is Cc1cc(=O)[nH]c(-c2cccc(NC(=O)C(NC(=O)Nc3ccccc3)C(C)C)c2)n1. The standard InChI is InChI=1S/C23H25N5O3/c1-14(2)20(28-23(31)26-17-9-5-4-6-10-17)22(30)25-18-11-7-8-16(13-18)21-24-15(3)12-19(29)27-21/h4-14,20H,1-3H3,(H,25,30)(H,24,27,29)(H2,26,28,31). The van der Waals surface area contributed by atoms with Crippen molar-refractivity contribution in [2.24, 2.45) is 5.92 Å². The van der Waals surface area contributed by atoms with Crippen LogP contribution in [0.1, 0.15) is 19.5 Å². The highest BCUT2D eigenvalue weighted by Gasteiger charge is 2.24. The molecule has 160 valence electrons. The summed E-state index contributed by atoms with van der Waals surface area (Å²) in [4.78, 5) is 44.0. The molecule has 0 aliphatic rings. The van der Waals surface area contributed by atoms with Crippen LogP contribution in [0.3, 0.4) is 0 Å². The molecule has 0 bridgehead atoms. The average Bonchev–Trinajstić information content (AvgIpc) is 2.72. The van der Waals surface area contributed by atoms with Gasteiger partial charge >= 0.3 is 6.03 Å². The third kappa shape index (κ3) is 6.02. The van der Waals surface area contributed by atoms with Gasteiger partial charge in [0.2, 0.25) is 5.91 Å². The van der Waals surface area contributed by atoms with Crippen molar-refractivity contribution in [2.45, 2.75) is 26.8 Å². The molecule has 0 saturated carbocycles. The summed E-state index contributed by atoms with van der Waals surface area (Å²) in [6.07, 6.45) is 0. The fourth-order valence-corrected chi connectivity index (χ4v) is 3.04. The summed E-state index contributed by atoms with van der Waals surface area (Å²) in [6, 6.07) is 16.2. The summed E-state index contributed by atoms with van der Waals surface area (Å²) < 4.78 is 0. The van der Waals surface area contributed by atoms with Crippen LogP contribution in [0.5, 0.6) is 0 Å². The molecule has 0 spiro atoms. The second-order valence-corrected chi connectivity index (χ2v) is 7.49. The number of urea groups is 1. The van der Waals surface area contributed by atoms with E-state index in [0.29, 0.717) is 28.5 Å². The number of rotatable bonds is 6. The van der Waals surface area contributed by atoms with Crippen LogP contribution in [0, 0.1) is 12.8 Å². The minimum Gasteiger partial charge on any atom is -0.326 e. The molecule has 0 radical (unpaired) electrons. The molecule has 8 nitrogen and oxygen atoms in total. The van der Waals surface area contributed by atoms with Gasteiger partial charge in [-0.1, -0.05) is 44.2 Å². The zero-order valence-corrected chi connectivity index (χ0v) is 17.6. The fraction of sp³-hybridized carbons (Fsp3) is 0.217. The molecule has 2 aromatic carbocycles. The second-order valence-electron chi connectivity index (χ2n) is 7.49. The number of hydrogen-bond acceptors (Lipinski definition) is 4. The highest BCUT2D eigenvalue weighted by molar-refractivity contribution is 5.99. The predicted molar refractivity (Wildman–Crippen MR) is 121 cm³/mol. The lowest BCUT2D eigenvalue weighted by molar-refractivity contribution is -0.118. The van der Waals surface area contributed by atoms with Gasteiger partial charge in [0.05, 0.1) is 0 Å². The molecule has 8 heteroatoms. The first-order valence-corrected chi connectivity index (χ1v) is 9.93. The summed E-state index contributed by atoms with van der Waals surface area (Å²) >= 11 is 0. The first kappa shape index (κ1) is 21.8. The van der Waals surface area contributed by atoms with E-state index in [4.69, 9.17) is 0 Å². The Morgan fingerprint density at radius 3 is 2.32 bits per heavy atom. The number of amides is 3. The van der Waals surface area contributed by atoms with E-state index in [1.165, 1.54) is 6.07 Å². The number of nitrogens with one attached hydrogen (secondary N) is 4. The smallest absolute Gasteiger partial charge is 0.319 e. The van der Waals surface area contributed by atoms with Crippen molar-refractivity contribution in [2.75, 3.05) is 10.6 Å². The third-order valence-electron chi connectivity index (χ3n) is 4.54. The lowest BCUT2D eigenvalue weighted by Gasteiger charge is -2.22. The highest BCUT2D eigenvalue weighted by atomic mass is 16.2. The largest absolute Gasteiger partial charge is 0.326 e. The molecule has 4 N–H and O–H groups in total. The van der Waals surface area contributed by atoms with E-state index in [1.807, 2.05) is 32.0 Å². The van der Waals surface area contributed by atoms with Crippen LogP contribution in [-0.2, 0) is 4.79 Å². The number of H-pyrrole nitrogens is 1. The number of carbonyl (C=O) groups is 2. The van der Waals surface area contributed by atoms with E-state index in [-0.39, 0.29) is 17.4 Å². The van der Waals surface area contributed by atoms with E-state index >= 15 is 0 Å². The van der Waals surface area contributed by atoms with Crippen LogP contribution in [0.15, 0.2) is 65.5 Å². The number of aromatic amines is 1. The molecular formula is C23H25N5O3. The monoisotopic (exact) mass is 419 g/mol. The molecule has 3 aromatic rings. The molecule has 3 amide bonds. The van der Waals surface area contributed by atoms with Gasteiger partial charge in [0.25, 0.3) is 5.56 Å². The van der Waals surface area contributed by atoms with Gasteiger partial charge in [0, 0.05) is 28.7 Å². The highest BCUT2D eigenvalue weighted by Crippen LogP contribution is 2.19. The van der Waals surface area contributed by atoms with Gasteiger partial charge < -0.3 is 20.9 Å². The zero-order valence-electron chi connectivity index (χ0n) is 17.6. The number of aromatic nitrogens is 2.